The predicted octanol–water partition coefficient (Wildman–Crippen LogP) is 3.11. The van der Waals surface area contributed by atoms with Crippen LogP contribution in [0.15, 0.2) is 71.2 Å². The number of benzene rings is 2. The molecule has 0 saturated heterocycles. The van der Waals surface area contributed by atoms with Gasteiger partial charge in [0.25, 0.3) is 5.91 Å². The van der Waals surface area contributed by atoms with Crippen molar-refractivity contribution in [2.24, 2.45) is 5.10 Å². The number of nitrogens with zero attached hydrogens (tertiary/aromatic N) is 1. The number of ether oxygens (including phenoxy) is 1. The third-order valence-corrected chi connectivity index (χ3v) is 6.32. The number of thioether (sulfide) groups is 1. The Kier molecular flexibility index (Phi) is 9.77. The summed E-state index contributed by atoms with van der Waals surface area (Å²) in [7, 11) is -3.83. The number of carbonyl (C=O) groups is 1. The smallest absolute Gasteiger partial charge is 0.258 e. The maximum atomic E-state index is 12.7. The molecule has 2 rings (SSSR count). The van der Waals surface area contributed by atoms with E-state index in [1.54, 1.807) is 42.5 Å². The number of carbonyl (C=O) groups excluding carboxylic acids is 1. The minimum absolute atomic E-state index is 0.113. The molecule has 7 nitrogen and oxygen atoms in total. The molecule has 166 valence electrons. The summed E-state index contributed by atoms with van der Waals surface area (Å²) in [5.74, 6) is 0.792. The van der Waals surface area contributed by atoms with E-state index >= 15 is 0 Å². The van der Waals surface area contributed by atoms with Gasteiger partial charge in [0.05, 0.1) is 11.1 Å². The molecule has 0 aliphatic heterocycles. The highest BCUT2D eigenvalue weighted by atomic mass is 32.2. The maximum absolute atomic E-state index is 12.7. The van der Waals surface area contributed by atoms with E-state index in [1.807, 2.05) is 13.2 Å². The fraction of sp³-hybridized carbons (Fsp3) is 0.273. The fourth-order valence-corrected chi connectivity index (χ4v) is 4.21. The molecule has 1 atom stereocenters. The van der Waals surface area contributed by atoms with Crippen LogP contribution < -0.4 is 14.9 Å². The molecule has 0 bridgehead atoms. The number of hydrogen-bond donors (Lipinski definition) is 2. The van der Waals surface area contributed by atoms with E-state index in [9.17, 15) is 13.2 Å². The first kappa shape index (κ1) is 24.6. The van der Waals surface area contributed by atoms with E-state index in [0.29, 0.717) is 24.5 Å². The fourth-order valence-electron chi connectivity index (χ4n) is 2.51. The molecule has 9 heteroatoms. The van der Waals surface area contributed by atoms with Gasteiger partial charge in [-0.25, -0.2) is 13.8 Å². The molecule has 0 radical (unpaired) electrons. The van der Waals surface area contributed by atoms with Gasteiger partial charge < -0.3 is 4.74 Å². The molecule has 0 aromatic heterocycles. The second-order valence-corrected chi connectivity index (χ2v) is 9.37. The second kappa shape index (κ2) is 12.3. The molecule has 0 heterocycles. The summed E-state index contributed by atoms with van der Waals surface area (Å²) in [6.45, 7) is 5.88. The lowest BCUT2D eigenvalue weighted by Gasteiger charge is -2.17. The van der Waals surface area contributed by atoms with Crippen molar-refractivity contribution in [2.45, 2.75) is 24.3 Å². The summed E-state index contributed by atoms with van der Waals surface area (Å²) in [6, 6.07) is 12.7. The summed E-state index contributed by atoms with van der Waals surface area (Å²) < 4.78 is 33.2. The Morgan fingerprint density at radius 3 is 2.48 bits per heavy atom. The highest BCUT2D eigenvalue weighted by molar-refractivity contribution is 7.98. The number of amides is 1. The minimum atomic E-state index is -3.83. The Morgan fingerprint density at radius 2 is 1.87 bits per heavy atom. The minimum Gasteiger partial charge on any atom is -0.490 e. The average Bonchev–Trinajstić information content (AvgIpc) is 2.76. The Balaban J connectivity index is 2.02. The van der Waals surface area contributed by atoms with Gasteiger partial charge in [-0.1, -0.05) is 30.4 Å². The van der Waals surface area contributed by atoms with E-state index in [1.165, 1.54) is 30.1 Å². The topological polar surface area (TPSA) is 96.9 Å². The quantitative estimate of drug-likeness (QED) is 0.288. The SMILES string of the molecule is C=CCOc1ccc(/C=N/NC(=O)[C@H](CCSC)NS(=O)(=O)c2ccc(C)cc2)cc1. The zero-order valence-corrected chi connectivity index (χ0v) is 19.2. The Labute approximate surface area is 188 Å². The normalized spacial score (nSPS) is 12.5. The molecule has 2 aromatic rings. The average molecular weight is 462 g/mol. The highest BCUT2D eigenvalue weighted by Crippen LogP contribution is 2.13. The molecule has 0 spiro atoms. The van der Waals surface area contributed by atoms with Crippen LogP contribution in [-0.4, -0.2) is 45.2 Å². The number of nitrogens with one attached hydrogen (secondary N) is 2. The van der Waals surface area contributed by atoms with Crippen LogP contribution in [0.1, 0.15) is 17.5 Å². The van der Waals surface area contributed by atoms with Crippen molar-refractivity contribution < 1.29 is 17.9 Å². The molecule has 2 aromatic carbocycles. The van der Waals surface area contributed by atoms with Gasteiger partial charge in [-0.2, -0.15) is 21.6 Å². The van der Waals surface area contributed by atoms with Crippen LogP contribution >= 0.6 is 11.8 Å². The lowest BCUT2D eigenvalue weighted by Crippen LogP contribution is -2.45. The van der Waals surface area contributed by atoms with Gasteiger partial charge >= 0.3 is 0 Å². The van der Waals surface area contributed by atoms with Gasteiger partial charge in [0, 0.05) is 0 Å². The van der Waals surface area contributed by atoms with Crippen LogP contribution in [0.5, 0.6) is 5.75 Å². The molecule has 0 aliphatic carbocycles. The Morgan fingerprint density at radius 1 is 1.19 bits per heavy atom. The first-order valence-corrected chi connectivity index (χ1v) is 12.5. The van der Waals surface area contributed by atoms with Crippen molar-refractivity contribution in [3.63, 3.8) is 0 Å². The monoisotopic (exact) mass is 461 g/mol. The summed E-state index contributed by atoms with van der Waals surface area (Å²) in [5, 5.41) is 3.95. The van der Waals surface area contributed by atoms with Gasteiger partial charge in [0.1, 0.15) is 18.4 Å². The van der Waals surface area contributed by atoms with Crippen LogP contribution in [-0.2, 0) is 14.8 Å². The molecule has 0 unspecified atom stereocenters. The lowest BCUT2D eigenvalue weighted by atomic mass is 10.2. The Bertz CT molecular complexity index is 988. The van der Waals surface area contributed by atoms with Gasteiger partial charge in [-0.15, -0.1) is 0 Å². The van der Waals surface area contributed by atoms with Crippen LogP contribution in [0.4, 0.5) is 0 Å². The number of rotatable bonds is 12. The standard InChI is InChI=1S/C22H27N3O4S2/c1-4-14-29-19-9-7-18(8-10-19)16-23-24-22(26)21(13-15-30-3)25-31(27,28)20-11-5-17(2)6-12-20/h4-12,16,21,25H,1,13-15H2,2-3H3,(H,24,26)/b23-16+/t21-/m0/s1. The van der Waals surface area contributed by atoms with E-state index in [0.717, 1.165) is 11.1 Å². The van der Waals surface area contributed by atoms with Gasteiger partial charge in [-0.05, 0) is 67.3 Å². The number of hydrazone groups is 1. The van der Waals surface area contributed by atoms with Crippen molar-refractivity contribution in [1.82, 2.24) is 10.1 Å². The zero-order valence-electron chi connectivity index (χ0n) is 17.6. The van der Waals surface area contributed by atoms with Crippen LogP contribution in [0, 0.1) is 6.92 Å². The summed E-state index contributed by atoms with van der Waals surface area (Å²) in [5.41, 5.74) is 4.13. The first-order chi connectivity index (χ1) is 14.9. The predicted molar refractivity (Wildman–Crippen MR) is 126 cm³/mol. The zero-order chi connectivity index (χ0) is 22.7. The van der Waals surface area contributed by atoms with Crippen molar-refractivity contribution >= 4 is 33.9 Å². The largest absolute Gasteiger partial charge is 0.490 e. The number of aryl methyl sites for hydroxylation is 1. The number of sulfonamides is 1. The third kappa shape index (κ3) is 8.20. The molecule has 0 saturated carbocycles. The molecular formula is C22H27N3O4S2. The molecular weight excluding hydrogens is 434 g/mol. The second-order valence-electron chi connectivity index (χ2n) is 6.67. The summed E-state index contributed by atoms with van der Waals surface area (Å²) >= 11 is 1.53. The Hall–Kier alpha value is -2.62. The first-order valence-electron chi connectivity index (χ1n) is 9.60. The van der Waals surface area contributed by atoms with Crippen LogP contribution in [0.25, 0.3) is 0 Å². The van der Waals surface area contributed by atoms with E-state index in [2.05, 4.69) is 21.8 Å². The molecule has 31 heavy (non-hydrogen) atoms. The summed E-state index contributed by atoms with van der Waals surface area (Å²) in [4.78, 5) is 12.7. The van der Waals surface area contributed by atoms with Crippen molar-refractivity contribution in [2.75, 3.05) is 18.6 Å². The molecule has 2 N–H and O–H groups in total. The van der Waals surface area contributed by atoms with E-state index < -0.39 is 22.0 Å². The van der Waals surface area contributed by atoms with Gasteiger partial charge in [0.15, 0.2) is 0 Å². The van der Waals surface area contributed by atoms with E-state index in [4.69, 9.17) is 4.74 Å². The lowest BCUT2D eigenvalue weighted by molar-refractivity contribution is -0.122. The van der Waals surface area contributed by atoms with Crippen LogP contribution in [0.2, 0.25) is 0 Å². The maximum Gasteiger partial charge on any atom is 0.258 e. The number of hydrogen-bond acceptors (Lipinski definition) is 6. The van der Waals surface area contributed by atoms with Crippen molar-refractivity contribution in [3.05, 3.63) is 72.3 Å². The van der Waals surface area contributed by atoms with Gasteiger partial charge in [-0.3, -0.25) is 4.79 Å². The third-order valence-electron chi connectivity index (χ3n) is 4.19. The molecule has 1 amide bonds. The summed E-state index contributed by atoms with van der Waals surface area (Å²) in [6.07, 6.45) is 5.37. The van der Waals surface area contributed by atoms with Crippen molar-refractivity contribution in [1.29, 1.82) is 0 Å². The molecule has 0 aliphatic rings. The highest BCUT2D eigenvalue weighted by Gasteiger charge is 2.25. The van der Waals surface area contributed by atoms with Crippen LogP contribution in [0.3, 0.4) is 0 Å². The van der Waals surface area contributed by atoms with Gasteiger partial charge in [0.2, 0.25) is 10.0 Å². The van der Waals surface area contributed by atoms with Crippen molar-refractivity contribution in [3.8, 4) is 5.75 Å². The van der Waals surface area contributed by atoms with E-state index in [-0.39, 0.29) is 4.90 Å². The molecule has 0 fully saturated rings.